The van der Waals surface area contributed by atoms with Crippen LogP contribution in [0.25, 0.3) is 0 Å². The molecule has 1 atom stereocenters. The molecule has 37 heavy (non-hydrogen) atoms. The van der Waals surface area contributed by atoms with Gasteiger partial charge in [0, 0.05) is 18.1 Å². The summed E-state index contributed by atoms with van der Waals surface area (Å²) >= 11 is 6.15. The number of anilines is 1. The first-order valence-electron chi connectivity index (χ1n) is 12.1. The highest BCUT2D eigenvalue weighted by molar-refractivity contribution is 7.92. The van der Waals surface area contributed by atoms with E-state index in [0.717, 1.165) is 21.9 Å². The minimum atomic E-state index is -4.07. The van der Waals surface area contributed by atoms with Crippen molar-refractivity contribution in [2.75, 3.05) is 17.4 Å². The number of amides is 2. The number of nitrogens with one attached hydrogen (secondary N) is 1. The maximum atomic E-state index is 13.8. The summed E-state index contributed by atoms with van der Waals surface area (Å²) in [5.74, 6) is -0.830. The van der Waals surface area contributed by atoms with Crippen LogP contribution in [-0.4, -0.2) is 44.3 Å². The van der Waals surface area contributed by atoms with Crippen molar-refractivity contribution in [1.29, 1.82) is 0 Å². The predicted octanol–water partition coefficient (Wildman–Crippen LogP) is 4.79. The van der Waals surface area contributed by atoms with Gasteiger partial charge >= 0.3 is 0 Å². The van der Waals surface area contributed by atoms with Gasteiger partial charge in [-0.3, -0.25) is 13.9 Å². The highest BCUT2D eigenvalue weighted by Gasteiger charge is 2.32. The monoisotopic (exact) mass is 541 g/mol. The number of rotatable bonds is 11. The quantitative estimate of drug-likeness (QED) is 0.378. The van der Waals surface area contributed by atoms with Gasteiger partial charge in [0.2, 0.25) is 11.8 Å². The smallest absolute Gasteiger partial charge is 0.264 e. The van der Waals surface area contributed by atoms with Crippen LogP contribution in [0, 0.1) is 6.92 Å². The van der Waals surface area contributed by atoms with Crippen molar-refractivity contribution in [2.24, 2.45) is 0 Å². The van der Waals surface area contributed by atoms with Gasteiger partial charge in [-0.25, -0.2) is 8.42 Å². The molecular weight excluding hydrogens is 510 g/mol. The Morgan fingerprint density at radius 2 is 1.65 bits per heavy atom. The zero-order chi connectivity index (χ0) is 27.0. The van der Waals surface area contributed by atoms with Gasteiger partial charge < -0.3 is 10.2 Å². The first-order valence-corrected chi connectivity index (χ1v) is 13.9. The summed E-state index contributed by atoms with van der Waals surface area (Å²) in [6, 6.07) is 21.1. The maximum Gasteiger partial charge on any atom is 0.264 e. The first kappa shape index (κ1) is 28.2. The molecule has 3 aromatic carbocycles. The molecule has 3 rings (SSSR count). The van der Waals surface area contributed by atoms with Crippen molar-refractivity contribution in [2.45, 2.75) is 44.7 Å². The average molecular weight is 542 g/mol. The van der Waals surface area contributed by atoms with Crippen molar-refractivity contribution in [3.8, 4) is 0 Å². The summed E-state index contributed by atoms with van der Waals surface area (Å²) in [5.41, 5.74) is 1.99. The molecule has 3 aromatic rings. The van der Waals surface area contributed by atoms with E-state index in [1.807, 2.05) is 13.8 Å². The minimum Gasteiger partial charge on any atom is -0.354 e. The third-order valence-electron chi connectivity index (χ3n) is 5.89. The summed E-state index contributed by atoms with van der Waals surface area (Å²) < 4.78 is 28.5. The fraction of sp³-hybridized carbons (Fsp3) is 0.286. The number of halogens is 1. The van der Waals surface area contributed by atoms with Crippen molar-refractivity contribution in [3.05, 3.63) is 95.0 Å². The molecule has 0 aliphatic heterocycles. The summed E-state index contributed by atoms with van der Waals surface area (Å²) in [4.78, 5) is 28.1. The van der Waals surface area contributed by atoms with Crippen molar-refractivity contribution in [1.82, 2.24) is 10.2 Å². The van der Waals surface area contributed by atoms with E-state index in [9.17, 15) is 18.0 Å². The van der Waals surface area contributed by atoms with Gasteiger partial charge in [0.25, 0.3) is 10.0 Å². The highest BCUT2D eigenvalue weighted by atomic mass is 35.5. The second kappa shape index (κ2) is 12.7. The molecule has 0 saturated heterocycles. The Balaban J connectivity index is 1.99. The first-order chi connectivity index (χ1) is 17.6. The van der Waals surface area contributed by atoms with Gasteiger partial charge in [-0.1, -0.05) is 66.6 Å². The van der Waals surface area contributed by atoms with Crippen LogP contribution in [0.1, 0.15) is 31.4 Å². The van der Waals surface area contributed by atoms with Crippen LogP contribution in [0.4, 0.5) is 5.69 Å². The molecule has 1 unspecified atom stereocenters. The molecule has 0 spiro atoms. The number of benzene rings is 3. The van der Waals surface area contributed by atoms with Gasteiger partial charge in [-0.15, -0.1) is 0 Å². The van der Waals surface area contributed by atoms with E-state index in [4.69, 9.17) is 11.6 Å². The Hall–Kier alpha value is -3.36. The number of para-hydroxylation sites is 1. The summed E-state index contributed by atoms with van der Waals surface area (Å²) in [6.07, 6.45) is 0.747. The van der Waals surface area contributed by atoms with E-state index in [-0.39, 0.29) is 17.3 Å². The van der Waals surface area contributed by atoms with Gasteiger partial charge in [-0.2, -0.15) is 0 Å². The van der Waals surface area contributed by atoms with Crippen LogP contribution >= 0.6 is 11.6 Å². The second-order valence-corrected chi connectivity index (χ2v) is 11.1. The molecule has 196 valence electrons. The zero-order valence-electron chi connectivity index (χ0n) is 21.2. The molecule has 0 heterocycles. The van der Waals surface area contributed by atoms with E-state index in [1.54, 1.807) is 73.7 Å². The van der Waals surface area contributed by atoms with Gasteiger partial charge in [-0.05, 0) is 62.2 Å². The number of carbonyl (C=O) groups is 2. The molecule has 0 radical (unpaired) electrons. The molecule has 0 aliphatic carbocycles. The molecule has 0 aromatic heterocycles. The number of hydrogen-bond donors (Lipinski definition) is 1. The standard InChI is InChI=1S/C28H32ClN3O4S/c1-4-17-30-28(34)22(3)31(19-23-9-8-10-24(29)18-23)27(33)20-32(25-11-6-5-7-12-25)37(35,36)26-15-13-21(2)14-16-26/h5-16,18,22H,4,17,19-20H2,1-3H3,(H,30,34). The number of hydrogen-bond acceptors (Lipinski definition) is 4. The van der Waals surface area contributed by atoms with Gasteiger partial charge in [0.1, 0.15) is 12.6 Å². The lowest BCUT2D eigenvalue weighted by molar-refractivity contribution is -0.139. The molecular formula is C28H32ClN3O4S. The molecule has 1 N–H and O–H groups in total. The van der Waals surface area contributed by atoms with Crippen molar-refractivity contribution >= 4 is 39.1 Å². The number of sulfonamides is 1. The fourth-order valence-electron chi connectivity index (χ4n) is 3.77. The minimum absolute atomic E-state index is 0.0740. The highest BCUT2D eigenvalue weighted by Crippen LogP contribution is 2.25. The Morgan fingerprint density at radius 3 is 2.27 bits per heavy atom. The number of carbonyl (C=O) groups excluding carboxylic acids is 2. The molecule has 0 aliphatic rings. The normalized spacial score (nSPS) is 12.0. The van der Waals surface area contributed by atoms with E-state index < -0.39 is 28.5 Å². The largest absolute Gasteiger partial charge is 0.354 e. The van der Waals surface area contributed by atoms with Crippen LogP contribution in [0.5, 0.6) is 0 Å². The number of nitrogens with zero attached hydrogens (tertiary/aromatic N) is 2. The Morgan fingerprint density at radius 1 is 0.973 bits per heavy atom. The lowest BCUT2D eigenvalue weighted by Crippen LogP contribution is -2.51. The van der Waals surface area contributed by atoms with Crippen LogP contribution in [0.2, 0.25) is 5.02 Å². The Kier molecular flexibility index (Phi) is 9.72. The van der Waals surface area contributed by atoms with Crippen LogP contribution in [-0.2, 0) is 26.2 Å². The molecule has 7 nitrogen and oxygen atoms in total. The Labute approximate surface area is 224 Å². The maximum absolute atomic E-state index is 13.8. The Bertz CT molecular complexity index is 1310. The second-order valence-electron chi connectivity index (χ2n) is 8.78. The van der Waals surface area contributed by atoms with E-state index in [1.165, 1.54) is 17.0 Å². The molecule has 9 heteroatoms. The van der Waals surface area contributed by atoms with Crippen LogP contribution in [0.15, 0.2) is 83.8 Å². The summed E-state index contributed by atoms with van der Waals surface area (Å²) in [7, 11) is -4.07. The third kappa shape index (κ3) is 7.33. The van der Waals surface area contributed by atoms with Crippen LogP contribution < -0.4 is 9.62 Å². The van der Waals surface area contributed by atoms with Crippen molar-refractivity contribution < 1.29 is 18.0 Å². The summed E-state index contributed by atoms with van der Waals surface area (Å²) in [6.45, 7) is 5.52. The molecule has 0 saturated carbocycles. The molecule has 0 fully saturated rings. The predicted molar refractivity (Wildman–Crippen MR) is 147 cm³/mol. The van der Waals surface area contributed by atoms with E-state index >= 15 is 0 Å². The third-order valence-corrected chi connectivity index (χ3v) is 7.91. The molecule has 2 amide bonds. The van der Waals surface area contributed by atoms with Gasteiger partial charge in [0.15, 0.2) is 0 Å². The van der Waals surface area contributed by atoms with E-state index in [2.05, 4.69) is 5.32 Å². The van der Waals surface area contributed by atoms with Crippen molar-refractivity contribution in [3.63, 3.8) is 0 Å². The van der Waals surface area contributed by atoms with Gasteiger partial charge in [0.05, 0.1) is 10.6 Å². The topological polar surface area (TPSA) is 86.8 Å². The SMILES string of the molecule is CCCNC(=O)C(C)N(Cc1cccc(Cl)c1)C(=O)CN(c1ccccc1)S(=O)(=O)c1ccc(C)cc1. The fourth-order valence-corrected chi connectivity index (χ4v) is 5.40. The number of aryl methyl sites for hydroxylation is 1. The lowest BCUT2D eigenvalue weighted by Gasteiger charge is -2.32. The van der Waals surface area contributed by atoms with E-state index in [0.29, 0.717) is 17.3 Å². The zero-order valence-corrected chi connectivity index (χ0v) is 22.8. The lowest BCUT2D eigenvalue weighted by atomic mass is 10.1. The summed E-state index contributed by atoms with van der Waals surface area (Å²) in [5, 5.41) is 3.32. The molecule has 0 bridgehead atoms. The van der Waals surface area contributed by atoms with Crippen LogP contribution in [0.3, 0.4) is 0 Å². The average Bonchev–Trinajstić information content (AvgIpc) is 2.89.